The van der Waals surface area contributed by atoms with Crippen LogP contribution in [0.3, 0.4) is 0 Å². The number of benzene rings is 1. The van der Waals surface area contributed by atoms with E-state index >= 15 is 0 Å². The Morgan fingerprint density at radius 1 is 1.26 bits per heavy atom. The number of esters is 1. The predicted octanol–water partition coefficient (Wildman–Crippen LogP) is 4.88. The normalized spacial score (nSPS) is 19.1. The number of carbonyl (C=O) groups excluding carboxylic acids is 1. The van der Waals surface area contributed by atoms with Crippen molar-refractivity contribution in [2.24, 2.45) is 5.92 Å². The number of carbonyl (C=O) groups is 1. The van der Waals surface area contributed by atoms with E-state index in [0.717, 1.165) is 36.3 Å². The molecular weight excluding hydrogens is 444 g/mol. The van der Waals surface area contributed by atoms with E-state index < -0.39 is 11.7 Å². The first-order valence-electron chi connectivity index (χ1n) is 11.6. The molecule has 2 aliphatic heterocycles. The number of ether oxygens (including phenoxy) is 3. The average Bonchev–Trinajstić information content (AvgIpc) is 3.11. The Balaban J connectivity index is 1.45. The number of anilines is 2. The lowest BCUT2D eigenvalue weighted by molar-refractivity contribution is -0.286. The summed E-state index contributed by atoms with van der Waals surface area (Å²) in [6, 6.07) is 8.79. The first-order valence-corrected chi connectivity index (χ1v) is 11.6. The van der Waals surface area contributed by atoms with Crippen LogP contribution in [0.1, 0.15) is 44.7 Å². The second kappa shape index (κ2) is 9.27. The molecule has 4 rings (SSSR count). The molecule has 1 N–H and O–H groups in total. The SMILES string of the molecule is CCOC(=O)C1CCCN(c2nc(NCC(C)(C)c3ccc4c(c3)OC(F)(F)O4)ccc2C)C1. The summed E-state index contributed by atoms with van der Waals surface area (Å²) in [5, 5.41) is 3.38. The summed E-state index contributed by atoms with van der Waals surface area (Å²) in [6.07, 6.45) is -1.91. The highest BCUT2D eigenvalue weighted by Crippen LogP contribution is 2.43. The van der Waals surface area contributed by atoms with Gasteiger partial charge in [0.25, 0.3) is 0 Å². The highest BCUT2D eigenvalue weighted by molar-refractivity contribution is 5.73. The summed E-state index contributed by atoms with van der Waals surface area (Å²) in [4.78, 5) is 19.2. The third-order valence-corrected chi connectivity index (χ3v) is 6.31. The number of hydrogen-bond donors (Lipinski definition) is 1. The molecule has 2 aliphatic rings. The minimum atomic E-state index is -3.63. The van der Waals surface area contributed by atoms with Crippen molar-refractivity contribution in [2.45, 2.75) is 52.2 Å². The molecule has 0 aliphatic carbocycles. The summed E-state index contributed by atoms with van der Waals surface area (Å²) in [6.45, 7) is 10.2. The molecular formula is C25H31F2N3O4. The molecule has 2 aromatic rings. The van der Waals surface area contributed by atoms with Gasteiger partial charge < -0.3 is 24.4 Å². The van der Waals surface area contributed by atoms with Gasteiger partial charge in [-0.25, -0.2) is 4.98 Å². The van der Waals surface area contributed by atoms with Gasteiger partial charge in [-0.2, -0.15) is 0 Å². The zero-order valence-corrected chi connectivity index (χ0v) is 20.0. The quantitative estimate of drug-likeness (QED) is 0.572. The van der Waals surface area contributed by atoms with Crippen molar-refractivity contribution in [1.82, 2.24) is 4.98 Å². The second-order valence-corrected chi connectivity index (χ2v) is 9.44. The van der Waals surface area contributed by atoms with Gasteiger partial charge in [0.05, 0.1) is 12.5 Å². The molecule has 0 bridgehead atoms. The first kappa shape index (κ1) is 24.0. The zero-order chi connectivity index (χ0) is 24.5. The number of hydrogen-bond acceptors (Lipinski definition) is 7. The van der Waals surface area contributed by atoms with E-state index in [1.54, 1.807) is 12.1 Å². The lowest BCUT2D eigenvalue weighted by atomic mass is 9.84. The third-order valence-electron chi connectivity index (χ3n) is 6.31. The maximum Gasteiger partial charge on any atom is 0.586 e. The summed E-state index contributed by atoms with van der Waals surface area (Å²) in [5.41, 5.74) is 1.47. The van der Waals surface area contributed by atoms with Crippen molar-refractivity contribution >= 4 is 17.6 Å². The molecule has 0 spiro atoms. The number of aryl methyl sites for hydroxylation is 1. The molecule has 1 fully saturated rings. The Kier molecular flexibility index (Phi) is 6.55. The number of alkyl halides is 2. The van der Waals surface area contributed by atoms with Crippen LogP contribution in [0.2, 0.25) is 0 Å². The van der Waals surface area contributed by atoms with E-state index in [4.69, 9.17) is 9.72 Å². The van der Waals surface area contributed by atoms with E-state index in [0.29, 0.717) is 25.5 Å². The van der Waals surface area contributed by atoms with E-state index in [-0.39, 0.29) is 23.4 Å². The number of fused-ring (bicyclic) bond motifs is 1. The van der Waals surface area contributed by atoms with Gasteiger partial charge in [-0.3, -0.25) is 4.79 Å². The average molecular weight is 476 g/mol. The predicted molar refractivity (Wildman–Crippen MR) is 125 cm³/mol. The van der Waals surface area contributed by atoms with Crippen LogP contribution in [0.25, 0.3) is 0 Å². The van der Waals surface area contributed by atoms with Crippen LogP contribution >= 0.6 is 0 Å². The van der Waals surface area contributed by atoms with Gasteiger partial charge in [0.1, 0.15) is 11.6 Å². The Bertz CT molecular complexity index is 1060. The fourth-order valence-electron chi connectivity index (χ4n) is 4.34. The number of pyridine rings is 1. The number of halogens is 2. The van der Waals surface area contributed by atoms with Crippen molar-refractivity contribution in [1.29, 1.82) is 0 Å². The van der Waals surface area contributed by atoms with Crippen molar-refractivity contribution < 1.29 is 27.8 Å². The van der Waals surface area contributed by atoms with Gasteiger partial charge >= 0.3 is 12.3 Å². The minimum absolute atomic E-state index is 0.0324. The summed E-state index contributed by atoms with van der Waals surface area (Å²) >= 11 is 0. The molecule has 0 radical (unpaired) electrons. The lowest BCUT2D eigenvalue weighted by Crippen LogP contribution is -2.40. The highest BCUT2D eigenvalue weighted by Gasteiger charge is 2.43. The van der Waals surface area contributed by atoms with Crippen LogP contribution in [0.5, 0.6) is 11.5 Å². The van der Waals surface area contributed by atoms with E-state index in [2.05, 4.69) is 19.7 Å². The third kappa shape index (κ3) is 5.18. The van der Waals surface area contributed by atoms with E-state index in [9.17, 15) is 13.6 Å². The van der Waals surface area contributed by atoms with Gasteiger partial charge in [-0.05, 0) is 56.0 Å². The summed E-state index contributed by atoms with van der Waals surface area (Å²) in [7, 11) is 0. The number of rotatable bonds is 7. The smallest absolute Gasteiger partial charge is 0.466 e. The Morgan fingerprint density at radius 2 is 2.03 bits per heavy atom. The van der Waals surface area contributed by atoms with E-state index in [1.165, 1.54) is 6.07 Å². The molecule has 1 aromatic carbocycles. The van der Waals surface area contributed by atoms with Crippen LogP contribution in [0, 0.1) is 12.8 Å². The number of nitrogens with one attached hydrogen (secondary N) is 1. The highest BCUT2D eigenvalue weighted by atomic mass is 19.3. The zero-order valence-electron chi connectivity index (χ0n) is 20.0. The Morgan fingerprint density at radius 3 is 2.79 bits per heavy atom. The maximum atomic E-state index is 13.4. The Hall–Kier alpha value is -3.10. The molecule has 3 heterocycles. The molecule has 1 saturated heterocycles. The molecule has 9 heteroatoms. The van der Waals surface area contributed by atoms with Crippen LogP contribution in [-0.2, 0) is 14.9 Å². The molecule has 1 aromatic heterocycles. The minimum Gasteiger partial charge on any atom is -0.466 e. The monoisotopic (exact) mass is 475 g/mol. The van der Waals surface area contributed by atoms with Crippen LogP contribution in [0.15, 0.2) is 30.3 Å². The molecule has 1 unspecified atom stereocenters. The van der Waals surface area contributed by atoms with Gasteiger partial charge in [0.15, 0.2) is 11.5 Å². The van der Waals surface area contributed by atoms with Crippen molar-refractivity contribution in [3.05, 3.63) is 41.5 Å². The standard InChI is InChI=1S/C25H31F2N3O4/c1-5-32-23(31)17-7-6-12-30(14-17)22-16(2)8-11-21(29-22)28-15-24(3,4)18-9-10-19-20(13-18)34-25(26,27)33-19/h8-11,13,17H,5-7,12,14-15H2,1-4H3,(H,28,29). The van der Waals surface area contributed by atoms with Crippen molar-refractivity contribution in [3.63, 3.8) is 0 Å². The van der Waals surface area contributed by atoms with Gasteiger partial charge in [0.2, 0.25) is 0 Å². The largest absolute Gasteiger partial charge is 0.586 e. The van der Waals surface area contributed by atoms with Gasteiger partial charge in [0, 0.05) is 25.0 Å². The lowest BCUT2D eigenvalue weighted by Gasteiger charge is -2.33. The van der Waals surface area contributed by atoms with Crippen LogP contribution < -0.4 is 19.7 Å². The first-order chi connectivity index (χ1) is 16.1. The van der Waals surface area contributed by atoms with E-state index in [1.807, 2.05) is 39.8 Å². The maximum absolute atomic E-state index is 13.4. The van der Waals surface area contributed by atoms with Crippen molar-refractivity contribution in [2.75, 3.05) is 36.5 Å². The van der Waals surface area contributed by atoms with Crippen LogP contribution in [0.4, 0.5) is 20.4 Å². The van der Waals surface area contributed by atoms with Crippen LogP contribution in [-0.4, -0.2) is 43.5 Å². The molecule has 0 amide bonds. The topological polar surface area (TPSA) is 72.9 Å². The molecule has 34 heavy (non-hydrogen) atoms. The summed E-state index contributed by atoms with van der Waals surface area (Å²) in [5.74, 6) is 1.32. The number of piperidine rings is 1. The molecule has 0 saturated carbocycles. The second-order valence-electron chi connectivity index (χ2n) is 9.44. The molecule has 184 valence electrons. The fraction of sp³-hybridized carbons (Fsp3) is 0.520. The van der Waals surface area contributed by atoms with Gasteiger partial charge in [-0.1, -0.05) is 26.0 Å². The Labute approximate surface area is 198 Å². The molecule has 7 nitrogen and oxygen atoms in total. The van der Waals surface area contributed by atoms with Gasteiger partial charge in [-0.15, -0.1) is 8.78 Å². The molecule has 1 atom stereocenters. The van der Waals surface area contributed by atoms with Crippen molar-refractivity contribution in [3.8, 4) is 11.5 Å². The number of nitrogens with zero attached hydrogens (tertiary/aromatic N) is 2. The fourth-order valence-corrected chi connectivity index (χ4v) is 4.34. The summed E-state index contributed by atoms with van der Waals surface area (Å²) < 4.78 is 41.1. The number of aromatic nitrogens is 1.